The van der Waals surface area contributed by atoms with Crippen molar-refractivity contribution in [2.75, 3.05) is 13.7 Å². The van der Waals surface area contributed by atoms with Crippen LogP contribution in [0.4, 0.5) is 0 Å². The molecule has 0 amide bonds. The lowest BCUT2D eigenvalue weighted by Gasteiger charge is -2.25. The molecule has 22 heavy (non-hydrogen) atoms. The van der Waals surface area contributed by atoms with Crippen LogP contribution in [0.15, 0.2) is 30.3 Å². The van der Waals surface area contributed by atoms with Gasteiger partial charge in [-0.2, -0.15) is 5.26 Å². The van der Waals surface area contributed by atoms with E-state index >= 15 is 0 Å². The number of nitriles is 1. The molecule has 0 N–H and O–H groups in total. The van der Waals surface area contributed by atoms with Gasteiger partial charge in [0.2, 0.25) is 0 Å². The molecule has 0 aliphatic heterocycles. The Labute approximate surface area is 128 Å². The van der Waals surface area contributed by atoms with E-state index in [4.69, 9.17) is 10.00 Å². The van der Waals surface area contributed by atoms with Gasteiger partial charge in [0.25, 0.3) is 0 Å². The summed E-state index contributed by atoms with van der Waals surface area (Å²) < 4.78 is 9.51. The standard InChI is InChI=1S/C16H17NO5/c1-3-22-15(20)16(9-10-17,14(19)21-2)11-13(18)12-7-5-4-6-8-12/h4-8H,3,9,11H2,1-2H3. The normalized spacial score (nSPS) is 12.6. The minimum Gasteiger partial charge on any atom is -0.468 e. The molecule has 0 radical (unpaired) electrons. The number of carbonyl (C=O) groups is 3. The van der Waals surface area contributed by atoms with Crippen LogP contribution in [0.2, 0.25) is 0 Å². The molecule has 0 aliphatic carbocycles. The quantitative estimate of drug-likeness (QED) is 0.434. The van der Waals surface area contributed by atoms with Crippen molar-refractivity contribution in [2.45, 2.75) is 19.8 Å². The first kappa shape index (κ1) is 17.4. The third kappa shape index (κ3) is 3.70. The highest BCUT2D eigenvalue weighted by atomic mass is 16.6. The Morgan fingerprint density at radius 1 is 1.18 bits per heavy atom. The van der Waals surface area contributed by atoms with Crippen molar-refractivity contribution in [3.8, 4) is 6.07 Å². The predicted molar refractivity (Wildman–Crippen MR) is 76.7 cm³/mol. The molecule has 116 valence electrons. The Morgan fingerprint density at radius 2 is 1.82 bits per heavy atom. The van der Waals surface area contributed by atoms with Crippen molar-refractivity contribution in [3.63, 3.8) is 0 Å². The van der Waals surface area contributed by atoms with Crippen LogP contribution in [-0.2, 0) is 19.1 Å². The number of carbonyl (C=O) groups excluding carboxylic acids is 3. The van der Waals surface area contributed by atoms with E-state index < -0.39 is 36.0 Å². The monoisotopic (exact) mass is 303 g/mol. The highest BCUT2D eigenvalue weighted by molar-refractivity contribution is 6.07. The van der Waals surface area contributed by atoms with Gasteiger partial charge >= 0.3 is 11.9 Å². The molecule has 0 bridgehead atoms. The second-order valence-electron chi connectivity index (χ2n) is 4.60. The van der Waals surface area contributed by atoms with E-state index in [1.165, 1.54) is 0 Å². The van der Waals surface area contributed by atoms with Crippen LogP contribution in [-0.4, -0.2) is 31.4 Å². The maximum atomic E-state index is 12.3. The van der Waals surface area contributed by atoms with Gasteiger partial charge in [-0.15, -0.1) is 0 Å². The molecule has 0 aromatic heterocycles. The number of hydrogen-bond acceptors (Lipinski definition) is 6. The zero-order chi connectivity index (χ0) is 16.6. The van der Waals surface area contributed by atoms with E-state index in [9.17, 15) is 14.4 Å². The fourth-order valence-corrected chi connectivity index (χ4v) is 2.03. The fraction of sp³-hybridized carbons (Fsp3) is 0.375. The van der Waals surface area contributed by atoms with Crippen LogP contribution in [0.5, 0.6) is 0 Å². The summed E-state index contributed by atoms with van der Waals surface area (Å²) in [4.78, 5) is 36.6. The number of benzene rings is 1. The molecule has 0 spiro atoms. The molecule has 1 atom stereocenters. The van der Waals surface area contributed by atoms with Crippen molar-refractivity contribution in [3.05, 3.63) is 35.9 Å². The summed E-state index contributed by atoms with van der Waals surface area (Å²) in [7, 11) is 1.10. The zero-order valence-electron chi connectivity index (χ0n) is 12.5. The van der Waals surface area contributed by atoms with Crippen molar-refractivity contribution < 1.29 is 23.9 Å². The van der Waals surface area contributed by atoms with Gasteiger partial charge < -0.3 is 9.47 Å². The average Bonchev–Trinajstić information content (AvgIpc) is 2.54. The van der Waals surface area contributed by atoms with E-state index in [1.807, 2.05) is 0 Å². The van der Waals surface area contributed by atoms with E-state index in [0.29, 0.717) is 5.56 Å². The van der Waals surface area contributed by atoms with E-state index in [2.05, 4.69) is 4.74 Å². The number of ether oxygens (including phenoxy) is 2. The second kappa shape index (κ2) is 7.93. The largest absolute Gasteiger partial charge is 0.468 e. The fourth-order valence-electron chi connectivity index (χ4n) is 2.03. The predicted octanol–water partition coefficient (Wildman–Crippen LogP) is 1.90. The third-order valence-corrected chi connectivity index (χ3v) is 3.18. The molecule has 0 heterocycles. The molecule has 1 rings (SSSR count). The number of nitrogens with zero attached hydrogens (tertiary/aromatic N) is 1. The van der Waals surface area contributed by atoms with Crippen LogP contribution in [0.1, 0.15) is 30.1 Å². The lowest BCUT2D eigenvalue weighted by Crippen LogP contribution is -2.43. The van der Waals surface area contributed by atoms with Crippen LogP contribution < -0.4 is 0 Å². The van der Waals surface area contributed by atoms with Gasteiger partial charge in [-0.05, 0) is 6.92 Å². The molecular weight excluding hydrogens is 286 g/mol. The van der Waals surface area contributed by atoms with Gasteiger partial charge in [0.15, 0.2) is 11.2 Å². The summed E-state index contributed by atoms with van der Waals surface area (Å²) >= 11 is 0. The minimum atomic E-state index is -1.94. The van der Waals surface area contributed by atoms with E-state index in [1.54, 1.807) is 43.3 Å². The Bertz CT molecular complexity index is 590. The maximum Gasteiger partial charge on any atom is 0.325 e. The van der Waals surface area contributed by atoms with E-state index in [-0.39, 0.29) is 6.61 Å². The Balaban J connectivity index is 3.19. The topological polar surface area (TPSA) is 93.5 Å². The van der Waals surface area contributed by atoms with Gasteiger partial charge in [-0.3, -0.25) is 14.4 Å². The number of esters is 2. The van der Waals surface area contributed by atoms with E-state index in [0.717, 1.165) is 7.11 Å². The maximum absolute atomic E-state index is 12.3. The molecule has 0 aliphatic rings. The molecule has 1 unspecified atom stereocenters. The van der Waals surface area contributed by atoms with Gasteiger partial charge in [-0.1, -0.05) is 30.3 Å². The first-order valence-electron chi connectivity index (χ1n) is 6.72. The van der Waals surface area contributed by atoms with Crippen molar-refractivity contribution in [1.29, 1.82) is 5.26 Å². The highest BCUT2D eigenvalue weighted by Crippen LogP contribution is 2.32. The Hall–Kier alpha value is -2.68. The summed E-state index contributed by atoms with van der Waals surface area (Å²) in [6.07, 6.45) is -0.965. The number of hydrogen-bond donors (Lipinski definition) is 0. The van der Waals surface area contributed by atoms with Crippen LogP contribution >= 0.6 is 0 Å². The average molecular weight is 303 g/mol. The Morgan fingerprint density at radius 3 is 2.32 bits per heavy atom. The molecule has 0 fully saturated rings. The highest BCUT2D eigenvalue weighted by Gasteiger charge is 2.50. The lowest BCUT2D eigenvalue weighted by molar-refractivity contribution is -0.170. The summed E-state index contributed by atoms with van der Waals surface area (Å²) in [5.41, 5.74) is -1.59. The summed E-state index contributed by atoms with van der Waals surface area (Å²) in [5.74, 6) is -2.31. The Kier molecular flexibility index (Phi) is 6.26. The molecule has 1 aromatic rings. The first-order chi connectivity index (χ1) is 10.5. The molecular formula is C16H17NO5. The summed E-state index contributed by atoms with van der Waals surface area (Å²) in [6, 6.07) is 9.99. The molecule has 0 saturated carbocycles. The van der Waals surface area contributed by atoms with Gasteiger partial charge in [0.1, 0.15) is 0 Å². The molecule has 6 heteroatoms. The van der Waals surface area contributed by atoms with Gasteiger partial charge in [0, 0.05) is 12.0 Å². The number of rotatable bonds is 7. The zero-order valence-corrected chi connectivity index (χ0v) is 12.5. The van der Waals surface area contributed by atoms with Crippen LogP contribution in [0, 0.1) is 16.7 Å². The van der Waals surface area contributed by atoms with Crippen molar-refractivity contribution >= 4 is 17.7 Å². The summed E-state index contributed by atoms with van der Waals surface area (Å²) in [5, 5.41) is 8.97. The third-order valence-electron chi connectivity index (χ3n) is 3.18. The van der Waals surface area contributed by atoms with Crippen molar-refractivity contribution in [2.24, 2.45) is 5.41 Å². The smallest absolute Gasteiger partial charge is 0.325 e. The molecule has 0 saturated heterocycles. The van der Waals surface area contributed by atoms with Crippen LogP contribution in [0.3, 0.4) is 0 Å². The van der Waals surface area contributed by atoms with Gasteiger partial charge in [-0.25, -0.2) is 0 Å². The first-order valence-corrected chi connectivity index (χ1v) is 6.72. The van der Waals surface area contributed by atoms with Crippen LogP contribution in [0.25, 0.3) is 0 Å². The van der Waals surface area contributed by atoms with Crippen molar-refractivity contribution in [1.82, 2.24) is 0 Å². The number of methoxy groups -OCH3 is 1. The number of ketones is 1. The molecule has 1 aromatic carbocycles. The summed E-state index contributed by atoms with van der Waals surface area (Å²) in [6.45, 7) is 1.61. The number of Topliss-reactive ketones (excluding diaryl/α,β-unsaturated/α-hetero) is 1. The van der Waals surface area contributed by atoms with Gasteiger partial charge in [0.05, 0.1) is 26.2 Å². The minimum absolute atomic E-state index is 0.0303. The SMILES string of the molecule is CCOC(=O)C(CC#N)(CC(=O)c1ccccc1)C(=O)OC. The second-order valence-corrected chi connectivity index (χ2v) is 4.60. The lowest BCUT2D eigenvalue weighted by atomic mass is 9.79. The molecule has 6 nitrogen and oxygen atoms in total.